The maximum absolute atomic E-state index is 6.11. The van der Waals surface area contributed by atoms with Crippen LogP contribution in [0.5, 0.6) is 0 Å². The van der Waals surface area contributed by atoms with E-state index in [0.29, 0.717) is 5.88 Å². The monoisotopic (exact) mass is 305 g/mol. The van der Waals surface area contributed by atoms with Crippen LogP contribution in [0.1, 0.15) is 50.4 Å². The van der Waals surface area contributed by atoms with Crippen LogP contribution < -0.4 is 0 Å². The summed E-state index contributed by atoms with van der Waals surface area (Å²) >= 11 is 6.11. The highest BCUT2D eigenvalue weighted by Crippen LogP contribution is 2.32. The van der Waals surface area contributed by atoms with E-state index in [4.69, 9.17) is 16.6 Å². The van der Waals surface area contributed by atoms with Crippen LogP contribution in [-0.4, -0.2) is 14.5 Å². The molecule has 0 atom stereocenters. The summed E-state index contributed by atoms with van der Waals surface area (Å²) in [7, 11) is 0. The Morgan fingerprint density at radius 3 is 2.62 bits per heavy atom. The molecule has 1 aliphatic rings. The fourth-order valence-corrected chi connectivity index (χ4v) is 3.76. The molecule has 0 saturated heterocycles. The van der Waals surface area contributed by atoms with E-state index in [-0.39, 0.29) is 0 Å². The number of imidazole rings is 1. The van der Waals surface area contributed by atoms with Gasteiger partial charge in [0.2, 0.25) is 0 Å². The van der Waals surface area contributed by atoms with Crippen molar-refractivity contribution in [3.8, 4) is 0 Å². The zero-order valence-electron chi connectivity index (χ0n) is 13.0. The van der Waals surface area contributed by atoms with Gasteiger partial charge in [0.05, 0.1) is 5.88 Å². The molecule has 2 aromatic rings. The van der Waals surface area contributed by atoms with Crippen molar-refractivity contribution in [1.29, 1.82) is 0 Å². The number of nitrogens with zero attached hydrogens (tertiary/aromatic N) is 3. The van der Waals surface area contributed by atoms with Crippen molar-refractivity contribution in [3.05, 3.63) is 23.7 Å². The first kappa shape index (κ1) is 14.8. The number of rotatable bonds is 4. The average molecular weight is 306 g/mol. The largest absolute Gasteiger partial charge is 0.311 e. The Bertz CT molecular complexity index is 612. The molecule has 114 valence electrons. The molecule has 1 fully saturated rings. The van der Waals surface area contributed by atoms with Crippen molar-refractivity contribution < 1.29 is 0 Å². The van der Waals surface area contributed by atoms with Crippen molar-refractivity contribution in [2.45, 2.75) is 58.4 Å². The van der Waals surface area contributed by atoms with Crippen LogP contribution in [0.15, 0.2) is 12.3 Å². The molecule has 0 amide bonds. The zero-order chi connectivity index (χ0) is 14.8. The Labute approximate surface area is 131 Å². The maximum Gasteiger partial charge on any atom is 0.160 e. The van der Waals surface area contributed by atoms with E-state index < -0.39 is 0 Å². The molecule has 2 aromatic heterocycles. The fraction of sp³-hybridized carbons (Fsp3) is 0.647. The molecular weight excluding hydrogens is 282 g/mol. The maximum atomic E-state index is 6.11. The lowest BCUT2D eigenvalue weighted by molar-refractivity contribution is 0.248. The summed E-state index contributed by atoms with van der Waals surface area (Å²) < 4.78 is 2.26. The van der Waals surface area contributed by atoms with Gasteiger partial charge >= 0.3 is 0 Å². The third kappa shape index (κ3) is 2.94. The van der Waals surface area contributed by atoms with Gasteiger partial charge < -0.3 is 4.57 Å². The molecule has 0 bridgehead atoms. The lowest BCUT2D eigenvalue weighted by Gasteiger charge is -2.28. The van der Waals surface area contributed by atoms with Crippen molar-refractivity contribution in [2.24, 2.45) is 11.8 Å². The SMILES string of the molecule is CCC1CCC(Cn2c(CCl)nc3c(C)ccnc32)CC1. The number of halogens is 1. The Balaban J connectivity index is 1.85. The molecule has 0 spiro atoms. The number of aromatic nitrogens is 3. The highest BCUT2D eigenvalue weighted by atomic mass is 35.5. The topological polar surface area (TPSA) is 30.7 Å². The fourth-order valence-electron chi connectivity index (χ4n) is 3.56. The minimum absolute atomic E-state index is 0.458. The molecule has 4 heteroatoms. The number of pyridine rings is 1. The van der Waals surface area contributed by atoms with Crippen LogP contribution in [0.2, 0.25) is 0 Å². The summed E-state index contributed by atoms with van der Waals surface area (Å²) in [6.45, 7) is 5.42. The van der Waals surface area contributed by atoms with Gasteiger partial charge in [-0.15, -0.1) is 11.6 Å². The average Bonchev–Trinajstić information content (AvgIpc) is 2.87. The van der Waals surface area contributed by atoms with E-state index in [1.54, 1.807) is 0 Å². The van der Waals surface area contributed by atoms with Crippen LogP contribution in [0, 0.1) is 18.8 Å². The van der Waals surface area contributed by atoms with Gasteiger partial charge in [-0.2, -0.15) is 0 Å². The van der Waals surface area contributed by atoms with Gasteiger partial charge in [0.1, 0.15) is 11.3 Å². The first-order valence-corrected chi connectivity index (χ1v) is 8.63. The van der Waals surface area contributed by atoms with Gasteiger partial charge in [-0.1, -0.05) is 26.2 Å². The summed E-state index contributed by atoms with van der Waals surface area (Å²) in [5, 5.41) is 0. The van der Waals surface area contributed by atoms with Gasteiger partial charge in [-0.05, 0) is 43.2 Å². The first-order valence-electron chi connectivity index (χ1n) is 8.09. The molecule has 3 nitrogen and oxygen atoms in total. The molecule has 2 heterocycles. The highest BCUT2D eigenvalue weighted by Gasteiger charge is 2.22. The summed E-state index contributed by atoms with van der Waals surface area (Å²) in [5.74, 6) is 3.11. The zero-order valence-corrected chi connectivity index (χ0v) is 13.7. The van der Waals surface area contributed by atoms with Crippen LogP contribution >= 0.6 is 11.6 Å². The van der Waals surface area contributed by atoms with E-state index >= 15 is 0 Å². The van der Waals surface area contributed by atoms with Crippen molar-refractivity contribution in [1.82, 2.24) is 14.5 Å². The van der Waals surface area contributed by atoms with Crippen LogP contribution in [0.3, 0.4) is 0 Å². The minimum atomic E-state index is 0.458. The van der Waals surface area contributed by atoms with Gasteiger partial charge in [0, 0.05) is 12.7 Å². The smallest absolute Gasteiger partial charge is 0.160 e. The number of alkyl halides is 1. The normalized spacial score (nSPS) is 22.8. The van der Waals surface area contributed by atoms with Gasteiger partial charge in [-0.25, -0.2) is 9.97 Å². The Morgan fingerprint density at radius 2 is 1.95 bits per heavy atom. The molecule has 21 heavy (non-hydrogen) atoms. The van der Waals surface area contributed by atoms with Gasteiger partial charge in [0.25, 0.3) is 0 Å². The van der Waals surface area contributed by atoms with Crippen molar-refractivity contribution >= 4 is 22.8 Å². The Hall–Kier alpha value is -1.09. The number of aryl methyl sites for hydroxylation is 1. The third-order valence-corrected chi connectivity index (χ3v) is 5.26. The lowest BCUT2D eigenvalue weighted by Crippen LogP contribution is -2.19. The summed E-state index contributed by atoms with van der Waals surface area (Å²) in [5.41, 5.74) is 3.19. The molecule has 0 N–H and O–H groups in total. The van der Waals surface area contributed by atoms with Gasteiger partial charge in [-0.3, -0.25) is 0 Å². The Morgan fingerprint density at radius 1 is 1.24 bits per heavy atom. The molecular formula is C17H24ClN3. The molecule has 0 aliphatic heterocycles. The molecule has 0 aromatic carbocycles. The molecule has 0 unspecified atom stereocenters. The molecule has 1 aliphatic carbocycles. The second-order valence-electron chi connectivity index (χ2n) is 6.37. The summed E-state index contributed by atoms with van der Waals surface area (Å²) in [6.07, 6.45) is 8.60. The second kappa shape index (κ2) is 6.35. The quantitative estimate of drug-likeness (QED) is 0.767. The number of hydrogen-bond acceptors (Lipinski definition) is 2. The van der Waals surface area contributed by atoms with E-state index in [1.165, 1.54) is 37.7 Å². The highest BCUT2D eigenvalue weighted by molar-refractivity contribution is 6.16. The van der Waals surface area contributed by atoms with Crippen LogP contribution in [0.25, 0.3) is 11.2 Å². The van der Waals surface area contributed by atoms with E-state index in [2.05, 4.69) is 23.4 Å². The molecule has 1 saturated carbocycles. The Kier molecular flexibility index (Phi) is 4.48. The van der Waals surface area contributed by atoms with Crippen LogP contribution in [0.4, 0.5) is 0 Å². The third-order valence-electron chi connectivity index (χ3n) is 5.02. The van der Waals surface area contributed by atoms with Crippen LogP contribution in [-0.2, 0) is 12.4 Å². The summed E-state index contributed by atoms with van der Waals surface area (Å²) in [4.78, 5) is 9.24. The molecule has 0 radical (unpaired) electrons. The molecule has 3 rings (SSSR count). The van der Waals surface area contributed by atoms with Crippen molar-refractivity contribution in [2.75, 3.05) is 0 Å². The standard InChI is InChI=1S/C17H24ClN3/c1-3-13-4-6-14(7-5-13)11-21-15(10-18)20-16-12(2)8-9-19-17(16)21/h8-9,13-14H,3-7,10-11H2,1-2H3. The van der Waals surface area contributed by atoms with E-state index in [1.807, 2.05) is 12.3 Å². The predicted molar refractivity (Wildman–Crippen MR) is 87.6 cm³/mol. The minimum Gasteiger partial charge on any atom is -0.311 e. The van der Waals surface area contributed by atoms with E-state index in [0.717, 1.165) is 35.4 Å². The second-order valence-corrected chi connectivity index (χ2v) is 6.63. The number of hydrogen-bond donors (Lipinski definition) is 0. The van der Waals surface area contributed by atoms with E-state index in [9.17, 15) is 0 Å². The lowest BCUT2D eigenvalue weighted by atomic mass is 9.81. The number of fused-ring (bicyclic) bond motifs is 1. The predicted octanol–water partition coefficient (Wildman–Crippen LogP) is 4.69. The van der Waals surface area contributed by atoms with Gasteiger partial charge in [0.15, 0.2) is 5.65 Å². The van der Waals surface area contributed by atoms with Crippen molar-refractivity contribution in [3.63, 3.8) is 0 Å². The first-order chi connectivity index (χ1) is 10.2. The summed E-state index contributed by atoms with van der Waals surface area (Å²) in [6, 6.07) is 2.02.